The predicted octanol–water partition coefficient (Wildman–Crippen LogP) is -0.807. The number of rotatable bonds is 8. The number of carbonyl (C=O) groups is 1. The molecule has 0 saturated heterocycles. The Balaban J connectivity index is 3.54. The van der Waals surface area contributed by atoms with Gasteiger partial charge >= 0.3 is 5.97 Å². The number of aliphatic carboxylic acids is 1. The van der Waals surface area contributed by atoms with Crippen LogP contribution in [0.25, 0.3) is 0 Å². The maximum absolute atomic E-state index is 11.0. The first-order valence-electron chi connectivity index (χ1n) is 3.85. The van der Waals surface area contributed by atoms with Crippen LogP contribution in [-0.2, 0) is 19.6 Å². The largest absolute Gasteiger partial charge is 0.480 e. The number of carboxylic acid groups (broad SMARTS) is 1. The standard InChI is InChI=1S/C7H13NO5S/c1-2-5-14(11,12)8-3-4-13-6-7(9)10/h2,8H,1,3-6H2,(H,9,10). The summed E-state index contributed by atoms with van der Waals surface area (Å²) >= 11 is 0. The lowest BCUT2D eigenvalue weighted by Crippen LogP contribution is -2.29. The fourth-order valence-electron chi connectivity index (χ4n) is 0.643. The Morgan fingerprint density at radius 1 is 1.57 bits per heavy atom. The monoisotopic (exact) mass is 223 g/mol. The molecule has 0 aromatic carbocycles. The molecule has 7 heteroatoms. The van der Waals surface area contributed by atoms with Crippen LogP contribution in [0, 0.1) is 0 Å². The maximum atomic E-state index is 11.0. The average molecular weight is 223 g/mol. The van der Waals surface area contributed by atoms with E-state index in [4.69, 9.17) is 5.11 Å². The highest BCUT2D eigenvalue weighted by Crippen LogP contribution is 1.83. The summed E-state index contributed by atoms with van der Waals surface area (Å²) in [7, 11) is -3.33. The van der Waals surface area contributed by atoms with E-state index in [1.807, 2.05) is 0 Å². The van der Waals surface area contributed by atoms with E-state index in [0.717, 1.165) is 0 Å². The van der Waals surface area contributed by atoms with Crippen molar-refractivity contribution in [3.05, 3.63) is 12.7 Å². The van der Waals surface area contributed by atoms with Crippen LogP contribution >= 0.6 is 0 Å². The van der Waals surface area contributed by atoms with Gasteiger partial charge in [-0.05, 0) is 0 Å². The zero-order valence-corrected chi connectivity index (χ0v) is 8.42. The smallest absolute Gasteiger partial charge is 0.329 e. The molecule has 0 bridgehead atoms. The average Bonchev–Trinajstić information content (AvgIpc) is 2.02. The Morgan fingerprint density at radius 3 is 2.71 bits per heavy atom. The van der Waals surface area contributed by atoms with Crippen molar-refractivity contribution in [3.8, 4) is 0 Å². The van der Waals surface area contributed by atoms with Gasteiger partial charge in [0.2, 0.25) is 10.0 Å². The van der Waals surface area contributed by atoms with Gasteiger partial charge < -0.3 is 9.84 Å². The van der Waals surface area contributed by atoms with Gasteiger partial charge in [-0.1, -0.05) is 6.08 Å². The van der Waals surface area contributed by atoms with Gasteiger partial charge in [-0.25, -0.2) is 17.9 Å². The van der Waals surface area contributed by atoms with E-state index in [-0.39, 0.29) is 18.9 Å². The van der Waals surface area contributed by atoms with Crippen molar-refractivity contribution >= 4 is 16.0 Å². The Bertz CT molecular complexity index is 284. The number of carboxylic acids is 1. The van der Waals surface area contributed by atoms with Crippen LogP contribution in [0.2, 0.25) is 0 Å². The molecule has 0 aliphatic heterocycles. The second-order valence-corrected chi connectivity index (χ2v) is 4.26. The number of nitrogens with one attached hydrogen (secondary N) is 1. The summed E-state index contributed by atoms with van der Waals surface area (Å²) in [6.45, 7) is 2.95. The number of hydrogen-bond acceptors (Lipinski definition) is 4. The lowest BCUT2D eigenvalue weighted by Gasteiger charge is -2.03. The molecule has 14 heavy (non-hydrogen) atoms. The fraction of sp³-hybridized carbons (Fsp3) is 0.571. The quantitative estimate of drug-likeness (QED) is 0.415. The van der Waals surface area contributed by atoms with E-state index < -0.39 is 22.6 Å². The van der Waals surface area contributed by atoms with Crippen molar-refractivity contribution in [3.63, 3.8) is 0 Å². The van der Waals surface area contributed by atoms with Gasteiger partial charge in [0.25, 0.3) is 0 Å². The molecule has 0 rings (SSSR count). The molecular formula is C7H13NO5S. The van der Waals surface area contributed by atoms with Crippen molar-refractivity contribution in [1.29, 1.82) is 0 Å². The summed E-state index contributed by atoms with van der Waals surface area (Å²) in [5.74, 6) is -1.25. The second-order valence-electron chi connectivity index (χ2n) is 2.41. The number of ether oxygens (including phenoxy) is 1. The van der Waals surface area contributed by atoms with Gasteiger partial charge in [-0.15, -0.1) is 6.58 Å². The zero-order valence-electron chi connectivity index (χ0n) is 7.60. The lowest BCUT2D eigenvalue weighted by molar-refractivity contribution is -0.142. The van der Waals surface area contributed by atoms with Crippen LogP contribution in [0.1, 0.15) is 0 Å². The van der Waals surface area contributed by atoms with Gasteiger partial charge in [-0.2, -0.15) is 0 Å². The third-order valence-corrected chi connectivity index (χ3v) is 2.45. The molecular weight excluding hydrogens is 210 g/mol. The molecule has 0 aliphatic carbocycles. The molecule has 0 fully saturated rings. The van der Waals surface area contributed by atoms with Gasteiger partial charge in [0.1, 0.15) is 6.61 Å². The van der Waals surface area contributed by atoms with Gasteiger partial charge in [-0.3, -0.25) is 0 Å². The first-order chi connectivity index (χ1) is 6.48. The molecule has 0 unspecified atom stereocenters. The minimum atomic E-state index is -3.33. The second kappa shape index (κ2) is 6.52. The van der Waals surface area contributed by atoms with Crippen LogP contribution in [0.4, 0.5) is 0 Å². The highest BCUT2D eigenvalue weighted by Gasteiger charge is 2.05. The first kappa shape index (κ1) is 13.1. The summed E-state index contributed by atoms with van der Waals surface area (Å²) in [4.78, 5) is 9.98. The summed E-state index contributed by atoms with van der Waals surface area (Å²) in [5.41, 5.74) is 0. The molecule has 0 heterocycles. The molecule has 0 spiro atoms. The zero-order chi connectivity index (χ0) is 11.0. The number of sulfonamides is 1. The molecule has 0 atom stereocenters. The lowest BCUT2D eigenvalue weighted by atomic mass is 10.7. The molecule has 0 saturated carbocycles. The van der Waals surface area contributed by atoms with E-state index in [1.54, 1.807) is 0 Å². The summed E-state index contributed by atoms with van der Waals surface area (Å²) in [6.07, 6.45) is 1.26. The van der Waals surface area contributed by atoms with E-state index >= 15 is 0 Å². The topological polar surface area (TPSA) is 92.7 Å². The third kappa shape index (κ3) is 7.71. The molecule has 0 aromatic rings. The van der Waals surface area contributed by atoms with Crippen molar-refractivity contribution in [2.75, 3.05) is 25.5 Å². The highest BCUT2D eigenvalue weighted by molar-refractivity contribution is 7.89. The first-order valence-corrected chi connectivity index (χ1v) is 5.51. The van der Waals surface area contributed by atoms with Gasteiger partial charge in [0.05, 0.1) is 12.4 Å². The van der Waals surface area contributed by atoms with E-state index in [9.17, 15) is 13.2 Å². The summed E-state index contributed by atoms with van der Waals surface area (Å²) in [6, 6.07) is 0. The van der Waals surface area contributed by atoms with Crippen LogP contribution in [0.3, 0.4) is 0 Å². The predicted molar refractivity (Wildman–Crippen MR) is 50.4 cm³/mol. The minimum absolute atomic E-state index is 0.0304. The molecule has 0 aliphatic rings. The van der Waals surface area contributed by atoms with Crippen molar-refractivity contribution in [1.82, 2.24) is 4.72 Å². The molecule has 0 aromatic heterocycles. The molecule has 2 N–H and O–H groups in total. The highest BCUT2D eigenvalue weighted by atomic mass is 32.2. The van der Waals surface area contributed by atoms with Crippen LogP contribution < -0.4 is 4.72 Å². The van der Waals surface area contributed by atoms with Crippen LogP contribution in [0.5, 0.6) is 0 Å². The Morgan fingerprint density at radius 2 is 2.21 bits per heavy atom. The normalized spacial score (nSPS) is 11.1. The van der Waals surface area contributed by atoms with Crippen molar-refractivity contribution < 1.29 is 23.1 Å². The minimum Gasteiger partial charge on any atom is -0.480 e. The van der Waals surface area contributed by atoms with E-state index in [2.05, 4.69) is 16.0 Å². The van der Waals surface area contributed by atoms with Gasteiger partial charge in [0, 0.05) is 6.54 Å². The molecule has 0 radical (unpaired) electrons. The fourth-order valence-corrected chi connectivity index (χ4v) is 1.47. The number of hydrogen-bond donors (Lipinski definition) is 2. The van der Waals surface area contributed by atoms with Crippen LogP contribution in [-0.4, -0.2) is 45.0 Å². The Kier molecular flexibility index (Phi) is 6.09. The van der Waals surface area contributed by atoms with Gasteiger partial charge in [0.15, 0.2) is 0 Å². The van der Waals surface area contributed by atoms with E-state index in [0.29, 0.717) is 0 Å². The third-order valence-electron chi connectivity index (χ3n) is 1.13. The Hall–Kier alpha value is -0.920. The summed E-state index contributed by atoms with van der Waals surface area (Å²) < 4.78 is 28.8. The SMILES string of the molecule is C=CCS(=O)(=O)NCCOCC(=O)O. The molecule has 82 valence electrons. The molecule has 0 amide bonds. The van der Waals surface area contributed by atoms with Crippen molar-refractivity contribution in [2.24, 2.45) is 0 Å². The van der Waals surface area contributed by atoms with Crippen molar-refractivity contribution in [2.45, 2.75) is 0 Å². The maximum Gasteiger partial charge on any atom is 0.329 e. The molecule has 6 nitrogen and oxygen atoms in total. The summed E-state index contributed by atoms with van der Waals surface area (Å²) in [5, 5.41) is 8.18. The van der Waals surface area contributed by atoms with E-state index in [1.165, 1.54) is 6.08 Å². The Labute approximate surface area is 82.6 Å². The van der Waals surface area contributed by atoms with Crippen LogP contribution in [0.15, 0.2) is 12.7 Å².